The van der Waals surface area contributed by atoms with Gasteiger partial charge in [-0.25, -0.2) is 0 Å². The SMILES string of the molecule is CC(C)(C)c1ccccc1OCCCCCCCCCCCO. The molecule has 0 aliphatic heterocycles. The van der Waals surface area contributed by atoms with E-state index in [2.05, 4.69) is 45.0 Å². The number of ether oxygens (including phenoxy) is 1. The van der Waals surface area contributed by atoms with Gasteiger partial charge in [-0.05, 0) is 29.9 Å². The molecule has 0 aliphatic rings. The highest BCUT2D eigenvalue weighted by atomic mass is 16.5. The molecule has 0 unspecified atom stereocenters. The molecular weight excluding hydrogens is 284 g/mol. The van der Waals surface area contributed by atoms with E-state index in [0.29, 0.717) is 6.61 Å². The highest BCUT2D eigenvalue weighted by Crippen LogP contribution is 2.31. The van der Waals surface area contributed by atoms with Crippen LogP contribution in [0.25, 0.3) is 0 Å². The Balaban J connectivity index is 2.08. The van der Waals surface area contributed by atoms with E-state index in [-0.39, 0.29) is 5.41 Å². The van der Waals surface area contributed by atoms with E-state index < -0.39 is 0 Å². The molecule has 0 spiro atoms. The quantitative estimate of drug-likeness (QED) is 0.488. The zero-order valence-electron chi connectivity index (χ0n) is 15.4. The summed E-state index contributed by atoms with van der Waals surface area (Å²) in [6.45, 7) is 7.86. The fraction of sp³-hybridized carbons (Fsp3) is 0.714. The first-order chi connectivity index (χ1) is 11.1. The van der Waals surface area contributed by atoms with Gasteiger partial charge in [-0.2, -0.15) is 0 Å². The molecule has 1 aromatic rings. The van der Waals surface area contributed by atoms with Crippen LogP contribution >= 0.6 is 0 Å². The fourth-order valence-electron chi connectivity index (χ4n) is 2.85. The lowest BCUT2D eigenvalue weighted by atomic mass is 9.86. The van der Waals surface area contributed by atoms with E-state index in [1.54, 1.807) is 0 Å². The summed E-state index contributed by atoms with van der Waals surface area (Å²) < 4.78 is 6.01. The van der Waals surface area contributed by atoms with Gasteiger partial charge in [0.1, 0.15) is 5.75 Å². The van der Waals surface area contributed by atoms with E-state index >= 15 is 0 Å². The second-order valence-corrected chi connectivity index (χ2v) is 7.50. The maximum absolute atomic E-state index is 8.72. The lowest BCUT2D eigenvalue weighted by molar-refractivity contribution is 0.282. The minimum absolute atomic E-state index is 0.132. The Labute approximate surface area is 143 Å². The first-order valence-corrected chi connectivity index (χ1v) is 9.39. The second kappa shape index (κ2) is 11.5. The second-order valence-electron chi connectivity index (χ2n) is 7.50. The summed E-state index contributed by atoms with van der Waals surface area (Å²) in [4.78, 5) is 0. The molecular formula is C21H36O2. The van der Waals surface area contributed by atoms with Crippen LogP contribution in [0, 0.1) is 0 Å². The van der Waals surface area contributed by atoms with Crippen molar-refractivity contribution in [2.24, 2.45) is 0 Å². The molecule has 0 saturated carbocycles. The van der Waals surface area contributed by atoms with Crippen LogP contribution in [0.3, 0.4) is 0 Å². The Morgan fingerprint density at radius 1 is 0.783 bits per heavy atom. The van der Waals surface area contributed by atoms with Crippen molar-refractivity contribution in [2.75, 3.05) is 13.2 Å². The zero-order valence-corrected chi connectivity index (χ0v) is 15.4. The highest BCUT2D eigenvalue weighted by molar-refractivity contribution is 5.38. The zero-order chi connectivity index (χ0) is 17.0. The Morgan fingerprint density at radius 3 is 1.87 bits per heavy atom. The molecule has 0 fully saturated rings. The van der Waals surface area contributed by atoms with E-state index in [0.717, 1.165) is 25.2 Å². The number of rotatable bonds is 12. The van der Waals surface area contributed by atoms with Gasteiger partial charge < -0.3 is 9.84 Å². The summed E-state index contributed by atoms with van der Waals surface area (Å²) in [6.07, 6.45) is 11.1. The van der Waals surface area contributed by atoms with Crippen LogP contribution in [0.5, 0.6) is 5.75 Å². The molecule has 0 aliphatic carbocycles. The van der Waals surface area contributed by atoms with Gasteiger partial charge in [0.15, 0.2) is 0 Å². The van der Waals surface area contributed by atoms with Crippen LogP contribution < -0.4 is 4.74 Å². The summed E-state index contributed by atoms with van der Waals surface area (Å²) in [5, 5.41) is 8.72. The minimum atomic E-state index is 0.132. The van der Waals surface area contributed by atoms with Crippen LogP contribution in [0.1, 0.15) is 84.1 Å². The maximum atomic E-state index is 8.72. The lowest BCUT2D eigenvalue weighted by Crippen LogP contribution is -2.13. The van der Waals surface area contributed by atoms with E-state index in [4.69, 9.17) is 9.84 Å². The number of hydrogen-bond acceptors (Lipinski definition) is 2. The predicted octanol–water partition coefficient (Wildman–Crippen LogP) is 5.87. The van der Waals surface area contributed by atoms with Crippen molar-refractivity contribution in [2.45, 2.75) is 84.0 Å². The van der Waals surface area contributed by atoms with Crippen molar-refractivity contribution < 1.29 is 9.84 Å². The fourth-order valence-corrected chi connectivity index (χ4v) is 2.85. The third-order valence-electron chi connectivity index (χ3n) is 4.26. The van der Waals surface area contributed by atoms with Gasteiger partial charge in [-0.1, -0.05) is 83.9 Å². The maximum Gasteiger partial charge on any atom is 0.123 e. The topological polar surface area (TPSA) is 29.5 Å². The van der Waals surface area contributed by atoms with E-state index in [9.17, 15) is 0 Å². The Bertz CT molecular complexity index is 407. The molecule has 1 N–H and O–H groups in total. The minimum Gasteiger partial charge on any atom is -0.493 e. The summed E-state index contributed by atoms with van der Waals surface area (Å²) in [7, 11) is 0. The first-order valence-electron chi connectivity index (χ1n) is 9.39. The number of aliphatic hydroxyl groups excluding tert-OH is 1. The summed E-state index contributed by atoms with van der Waals surface area (Å²) in [5.74, 6) is 1.05. The monoisotopic (exact) mass is 320 g/mol. The molecule has 23 heavy (non-hydrogen) atoms. The van der Waals surface area contributed by atoms with Crippen molar-refractivity contribution in [1.29, 1.82) is 0 Å². The van der Waals surface area contributed by atoms with Gasteiger partial charge in [0.2, 0.25) is 0 Å². The smallest absolute Gasteiger partial charge is 0.123 e. The summed E-state index contributed by atoms with van der Waals surface area (Å²) >= 11 is 0. The normalized spacial score (nSPS) is 11.7. The Morgan fingerprint density at radius 2 is 1.30 bits per heavy atom. The summed E-state index contributed by atoms with van der Waals surface area (Å²) in [6, 6.07) is 8.41. The first kappa shape index (κ1) is 20.0. The molecule has 0 aromatic heterocycles. The van der Waals surface area contributed by atoms with Crippen molar-refractivity contribution in [3.05, 3.63) is 29.8 Å². The van der Waals surface area contributed by atoms with E-state index in [1.807, 2.05) is 0 Å². The molecule has 2 heteroatoms. The van der Waals surface area contributed by atoms with Gasteiger partial charge in [0, 0.05) is 6.61 Å². The molecule has 0 radical (unpaired) electrons. The van der Waals surface area contributed by atoms with Crippen molar-refractivity contribution in [1.82, 2.24) is 0 Å². The molecule has 0 atom stereocenters. The van der Waals surface area contributed by atoms with Crippen LogP contribution in [0.4, 0.5) is 0 Å². The Hall–Kier alpha value is -1.02. The lowest BCUT2D eigenvalue weighted by Gasteiger charge is -2.22. The van der Waals surface area contributed by atoms with Crippen LogP contribution in [-0.4, -0.2) is 18.3 Å². The van der Waals surface area contributed by atoms with Gasteiger partial charge in [-0.3, -0.25) is 0 Å². The predicted molar refractivity (Wildman–Crippen MR) is 99.3 cm³/mol. The van der Waals surface area contributed by atoms with Crippen LogP contribution in [-0.2, 0) is 5.41 Å². The number of para-hydroxylation sites is 1. The largest absolute Gasteiger partial charge is 0.493 e. The number of aliphatic hydroxyl groups is 1. The number of benzene rings is 1. The van der Waals surface area contributed by atoms with Crippen LogP contribution in [0.2, 0.25) is 0 Å². The molecule has 132 valence electrons. The van der Waals surface area contributed by atoms with Gasteiger partial charge in [0.25, 0.3) is 0 Å². The van der Waals surface area contributed by atoms with Crippen LogP contribution in [0.15, 0.2) is 24.3 Å². The van der Waals surface area contributed by atoms with Crippen molar-refractivity contribution in [3.63, 3.8) is 0 Å². The number of hydrogen-bond donors (Lipinski definition) is 1. The molecule has 1 rings (SSSR count). The molecule has 0 bridgehead atoms. The average molecular weight is 321 g/mol. The van der Waals surface area contributed by atoms with Gasteiger partial charge >= 0.3 is 0 Å². The molecule has 2 nitrogen and oxygen atoms in total. The highest BCUT2D eigenvalue weighted by Gasteiger charge is 2.18. The molecule has 1 aromatic carbocycles. The third kappa shape index (κ3) is 9.00. The van der Waals surface area contributed by atoms with Crippen molar-refractivity contribution >= 4 is 0 Å². The molecule has 0 saturated heterocycles. The van der Waals surface area contributed by atoms with Gasteiger partial charge in [-0.15, -0.1) is 0 Å². The standard InChI is InChI=1S/C21H36O2/c1-21(2,3)19-15-11-12-16-20(19)23-18-14-10-8-6-4-5-7-9-13-17-22/h11-12,15-16,22H,4-10,13-14,17-18H2,1-3H3. The average Bonchev–Trinajstić information content (AvgIpc) is 2.52. The Kier molecular flexibility index (Phi) is 10.0. The summed E-state index contributed by atoms with van der Waals surface area (Å²) in [5.41, 5.74) is 1.43. The molecule has 0 heterocycles. The third-order valence-corrected chi connectivity index (χ3v) is 4.26. The molecule has 0 amide bonds. The van der Waals surface area contributed by atoms with Crippen molar-refractivity contribution in [3.8, 4) is 5.75 Å². The van der Waals surface area contributed by atoms with E-state index in [1.165, 1.54) is 50.5 Å². The van der Waals surface area contributed by atoms with Gasteiger partial charge in [0.05, 0.1) is 6.61 Å². The number of unbranched alkanes of at least 4 members (excludes halogenated alkanes) is 8.